The van der Waals surface area contributed by atoms with Gasteiger partial charge in [0.1, 0.15) is 0 Å². The van der Waals surface area contributed by atoms with Crippen molar-refractivity contribution < 1.29 is 5.11 Å². The minimum atomic E-state index is 0.317. The molecule has 1 aromatic heterocycles. The molecule has 0 spiro atoms. The molecular weight excluding hydrogens is 226 g/mol. The van der Waals surface area contributed by atoms with E-state index >= 15 is 0 Å². The Kier molecular flexibility index (Phi) is 3.46. The van der Waals surface area contributed by atoms with Crippen molar-refractivity contribution in [3.63, 3.8) is 0 Å². The van der Waals surface area contributed by atoms with Crippen molar-refractivity contribution >= 4 is 5.95 Å². The van der Waals surface area contributed by atoms with Crippen LogP contribution in [0.25, 0.3) is 0 Å². The molecule has 4 nitrogen and oxygen atoms in total. The first-order valence-corrected chi connectivity index (χ1v) is 7.04. The quantitative estimate of drug-likeness (QED) is 0.883. The van der Waals surface area contributed by atoms with E-state index in [9.17, 15) is 0 Å². The lowest BCUT2D eigenvalue weighted by Gasteiger charge is -2.31. The number of aliphatic hydroxyl groups excluding tert-OH is 1. The fraction of sp³-hybridized carbons (Fsp3) is 0.714. The summed E-state index contributed by atoms with van der Waals surface area (Å²) in [6.45, 7) is 2.36. The Hall–Kier alpha value is -1.16. The minimum absolute atomic E-state index is 0.317. The summed E-state index contributed by atoms with van der Waals surface area (Å²) in [4.78, 5) is 11.3. The van der Waals surface area contributed by atoms with Crippen LogP contribution in [0.4, 0.5) is 5.95 Å². The lowest BCUT2D eigenvalue weighted by Crippen LogP contribution is -2.35. The molecule has 0 amide bonds. The van der Waals surface area contributed by atoms with Crippen LogP contribution in [0.15, 0.2) is 12.4 Å². The van der Waals surface area contributed by atoms with E-state index in [1.54, 1.807) is 0 Å². The zero-order valence-corrected chi connectivity index (χ0v) is 10.8. The van der Waals surface area contributed by atoms with Gasteiger partial charge in [-0.15, -0.1) is 0 Å². The SMILES string of the molecule is OCCC1CCN(c2ncc(C3CC3)cn2)CC1. The lowest BCUT2D eigenvalue weighted by atomic mass is 9.94. The Balaban J connectivity index is 1.58. The molecule has 1 aromatic rings. The summed E-state index contributed by atoms with van der Waals surface area (Å²) in [6.07, 6.45) is 9.84. The Labute approximate surface area is 108 Å². The maximum absolute atomic E-state index is 8.95. The van der Waals surface area contributed by atoms with Gasteiger partial charge in [-0.05, 0) is 49.5 Å². The van der Waals surface area contributed by atoms with Crippen LogP contribution in [-0.2, 0) is 0 Å². The van der Waals surface area contributed by atoms with Crippen LogP contribution in [0.3, 0.4) is 0 Å². The molecule has 1 saturated heterocycles. The van der Waals surface area contributed by atoms with E-state index in [2.05, 4.69) is 14.9 Å². The summed E-state index contributed by atoms with van der Waals surface area (Å²) in [5.74, 6) is 2.29. The van der Waals surface area contributed by atoms with Crippen LogP contribution in [0.2, 0.25) is 0 Å². The van der Waals surface area contributed by atoms with Gasteiger partial charge < -0.3 is 10.0 Å². The van der Waals surface area contributed by atoms with Gasteiger partial charge in [0.2, 0.25) is 5.95 Å². The molecule has 0 aromatic carbocycles. The van der Waals surface area contributed by atoms with Crippen molar-refractivity contribution in [2.75, 3.05) is 24.6 Å². The number of hydrogen-bond donors (Lipinski definition) is 1. The molecule has 2 fully saturated rings. The van der Waals surface area contributed by atoms with Gasteiger partial charge in [-0.3, -0.25) is 0 Å². The van der Waals surface area contributed by atoms with Crippen LogP contribution in [-0.4, -0.2) is 34.8 Å². The summed E-state index contributed by atoms with van der Waals surface area (Å²) in [5, 5.41) is 8.95. The maximum Gasteiger partial charge on any atom is 0.225 e. The average Bonchev–Trinajstić information content (AvgIpc) is 3.25. The maximum atomic E-state index is 8.95. The number of piperidine rings is 1. The molecule has 4 heteroatoms. The monoisotopic (exact) mass is 247 g/mol. The summed E-state index contributed by atoms with van der Waals surface area (Å²) >= 11 is 0. The van der Waals surface area contributed by atoms with Crippen molar-refractivity contribution in [2.24, 2.45) is 5.92 Å². The van der Waals surface area contributed by atoms with Crippen molar-refractivity contribution in [2.45, 2.75) is 38.0 Å². The van der Waals surface area contributed by atoms with E-state index in [-0.39, 0.29) is 0 Å². The van der Waals surface area contributed by atoms with E-state index < -0.39 is 0 Å². The summed E-state index contributed by atoms with van der Waals surface area (Å²) < 4.78 is 0. The van der Waals surface area contributed by atoms with Gasteiger partial charge >= 0.3 is 0 Å². The highest BCUT2D eigenvalue weighted by molar-refractivity contribution is 5.32. The Morgan fingerprint density at radius 1 is 1.11 bits per heavy atom. The Bertz CT molecular complexity index is 381. The molecule has 1 saturated carbocycles. The van der Waals surface area contributed by atoms with Crippen molar-refractivity contribution in [1.82, 2.24) is 9.97 Å². The highest BCUT2D eigenvalue weighted by Crippen LogP contribution is 2.39. The second kappa shape index (κ2) is 5.22. The van der Waals surface area contributed by atoms with Gasteiger partial charge in [-0.25, -0.2) is 9.97 Å². The van der Waals surface area contributed by atoms with Crippen molar-refractivity contribution in [1.29, 1.82) is 0 Å². The van der Waals surface area contributed by atoms with E-state index in [1.165, 1.54) is 18.4 Å². The first-order valence-electron chi connectivity index (χ1n) is 7.04. The summed E-state index contributed by atoms with van der Waals surface area (Å²) in [7, 11) is 0. The number of anilines is 1. The van der Waals surface area contributed by atoms with E-state index in [0.717, 1.165) is 44.2 Å². The highest BCUT2D eigenvalue weighted by Gasteiger charge is 2.25. The van der Waals surface area contributed by atoms with Crippen LogP contribution >= 0.6 is 0 Å². The highest BCUT2D eigenvalue weighted by atomic mass is 16.3. The Morgan fingerprint density at radius 3 is 2.33 bits per heavy atom. The fourth-order valence-corrected chi connectivity index (χ4v) is 2.73. The number of hydrogen-bond acceptors (Lipinski definition) is 4. The third-order valence-corrected chi connectivity index (χ3v) is 4.14. The van der Waals surface area contributed by atoms with Crippen LogP contribution in [0.5, 0.6) is 0 Å². The first-order chi connectivity index (χ1) is 8.86. The predicted molar refractivity (Wildman–Crippen MR) is 70.6 cm³/mol. The average molecular weight is 247 g/mol. The standard InChI is InChI=1S/C14H21N3O/c18-8-5-11-3-6-17(7-4-11)14-15-9-13(10-16-14)12-1-2-12/h9-12,18H,1-8H2. The number of nitrogens with zero attached hydrogens (tertiary/aromatic N) is 3. The van der Waals surface area contributed by atoms with Crippen molar-refractivity contribution in [3.05, 3.63) is 18.0 Å². The third kappa shape index (κ3) is 2.64. The zero-order chi connectivity index (χ0) is 12.4. The van der Waals surface area contributed by atoms with Gasteiger partial charge in [0.05, 0.1) is 0 Å². The zero-order valence-electron chi connectivity index (χ0n) is 10.8. The molecule has 0 bridgehead atoms. The molecule has 3 rings (SSSR count). The molecule has 98 valence electrons. The molecule has 1 aliphatic heterocycles. The summed E-state index contributed by atoms with van der Waals surface area (Å²) in [5.41, 5.74) is 1.30. The molecule has 18 heavy (non-hydrogen) atoms. The minimum Gasteiger partial charge on any atom is -0.396 e. The molecular formula is C14H21N3O. The van der Waals surface area contributed by atoms with Gasteiger partial charge in [0, 0.05) is 32.1 Å². The molecule has 1 aliphatic carbocycles. The Morgan fingerprint density at radius 2 is 1.78 bits per heavy atom. The van der Waals surface area contributed by atoms with Crippen LogP contribution < -0.4 is 4.90 Å². The second-order valence-electron chi connectivity index (χ2n) is 5.53. The third-order valence-electron chi connectivity index (χ3n) is 4.14. The summed E-state index contributed by atoms with van der Waals surface area (Å²) in [6, 6.07) is 0. The molecule has 2 aliphatic rings. The number of rotatable bonds is 4. The van der Waals surface area contributed by atoms with Gasteiger partial charge in [-0.2, -0.15) is 0 Å². The van der Waals surface area contributed by atoms with E-state index in [4.69, 9.17) is 5.11 Å². The van der Waals surface area contributed by atoms with Crippen molar-refractivity contribution in [3.8, 4) is 0 Å². The lowest BCUT2D eigenvalue weighted by molar-refractivity contribution is 0.240. The predicted octanol–water partition coefficient (Wildman–Crippen LogP) is 1.95. The van der Waals surface area contributed by atoms with Gasteiger partial charge in [0.25, 0.3) is 0 Å². The molecule has 0 unspecified atom stereocenters. The molecule has 0 atom stereocenters. The molecule has 0 radical (unpaired) electrons. The fourth-order valence-electron chi connectivity index (χ4n) is 2.73. The second-order valence-corrected chi connectivity index (χ2v) is 5.53. The van der Waals surface area contributed by atoms with Gasteiger partial charge in [0.15, 0.2) is 0 Å². The molecule has 2 heterocycles. The smallest absolute Gasteiger partial charge is 0.225 e. The first kappa shape index (κ1) is 11.9. The number of aromatic nitrogens is 2. The topological polar surface area (TPSA) is 49.2 Å². The van der Waals surface area contributed by atoms with E-state index in [1.807, 2.05) is 12.4 Å². The van der Waals surface area contributed by atoms with Crippen LogP contribution in [0.1, 0.15) is 43.6 Å². The number of aliphatic hydroxyl groups is 1. The van der Waals surface area contributed by atoms with Crippen LogP contribution in [0, 0.1) is 5.92 Å². The largest absolute Gasteiger partial charge is 0.396 e. The normalized spacial score (nSPS) is 21.3. The molecule has 1 N–H and O–H groups in total. The van der Waals surface area contributed by atoms with Gasteiger partial charge in [-0.1, -0.05) is 0 Å². The van der Waals surface area contributed by atoms with E-state index in [0.29, 0.717) is 12.5 Å².